The molecule has 4 aromatic rings. The van der Waals surface area contributed by atoms with Crippen molar-refractivity contribution >= 4 is 45.9 Å². The van der Waals surface area contributed by atoms with Gasteiger partial charge < -0.3 is 24.8 Å². The Labute approximate surface area is 196 Å². The van der Waals surface area contributed by atoms with Crippen molar-refractivity contribution in [3.05, 3.63) is 43.0 Å². The third kappa shape index (κ3) is 5.04. The molecular formula is C22H27N9OS. The summed E-state index contributed by atoms with van der Waals surface area (Å²) in [6, 6.07) is 8.33. The summed E-state index contributed by atoms with van der Waals surface area (Å²) >= 11 is 1.57. The van der Waals surface area contributed by atoms with E-state index in [1.807, 2.05) is 18.8 Å². The minimum absolute atomic E-state index is 0.523. The molecule has 0 atom stereocenters. The number of nitrogens with zero attached hydrogens (tertiary/aromatic N) is 6. The average Bonchev–Trinajstić information content (AvgIpc) is 3.53. The van der Waals surface area contributed by atoms with Gasteiger partial charge in [0.2, 0.25) is 5.95 Å². The molecule has 0 saturated carbocycles. The number of aryl methyl sites for hydroxylation is 1. The number of nitrogens with one attached hydrogen (secondary N) is 3. The lowest BCUT2D eigenvalue weighted by atomic mass is 10.2. The van der Waals surface area contributed by atoms with E-state index in [9.17, 15) is 0 Å². The molecule has 0 amide bonds. The third-order valence-corrected chi connectivity index (χ3v) is 6.21. The van der Waals surface area contributed by atoms with Gasteiger partial charge in [0, 0.05) is 49.9 Å². The van der Waals surface area contributed by atoms with E-state index in [-0.39, 0.29) is 0 Å². The van der Waals surface area contributed by atoms with Crippen LogP contribution in [0.25, 0.3) is 11.0 Å². The molecule has 1 saturated heterocycles. The van der Waals surface area contributed by atoms with Crippen LogP contribution in [-0.2, 0) is 11.3 Å². The SMILES string of the molecule is CSc1n[nH]c2nc(Nc3ccc(N4CCOCC4)cc3)nc(NCCCn3ccnc3)c12. The van der Waals surface area contributed by atoms with E-state index < -0.39 is 0 Å². The minimum Gasteiger partial charge on any atom is -0.378 e. The molecular weight excluding hydrogens is 438 g/mol. The van der Waals surface area contributed by atoms with Crippen LogP contribution in [0.5, 0.6) is 0 Å². The van der Waals surface area contributed by atoms with Crippen LogP contribution in [0.4, 0.5) is 23.1 Å². The Hall–Kier alpha value is -3.31. The van der Waals surface area contributed by atoms with Gasteiger partial charge >= 0.3 is 0 Å². The normalized spacial score (nSPS) is 14.0. The molecule has 1 aliphatic heterocycles. The van der Waals surface area contributed by atoms with Crippen molar-refractivity contribution in [1.82, 2.24) is 29.7 Å². The second kappa shape index (κ2) is 10.1. The molecule has 0 radical (unpaired) electrons. The van der Waals surface area contributed by atoms with Crippen LogP contribution in [0, 0.1) is 0 Å². The van der Waals surface area contributed by atoms with Crippen molar-refractivity contribution in [3.63, 3.8) is 0 Å². The molecule has 1 aliphatic rings. The van der Waals surface area contributed by atoms with Gasteiger partial charge in [-0.2, -0.15) is 15.1 Å². The lowest BCUT2D eigenvalue weighted by Crippen LogP contribution is -2.36. The highest BCUT2D eigenvalue weighted by molar-refractivity contribution is 7.98. The number of anilines is 4. The van der Waals surface area contributed by atoms with Gasteiger partial charge in [-0.1, -0.05) is 0 Å². The molecule has 0 spiro atoms. The van der Waals surface area contributed by atoms with Crippen molar-refractivity contribution in [2.75, 3.05) is 54.6 Å². The first kappa shape index (κ1) is 21.5. The lowest BCUT2D eigenvalue weighted by Gasteiger charge is -2.28. The summed E-state index contributed by atoms with van der Waals surface area (Å²) in [5.41, 5.74) is 2.83. The minimum atomic E-state index is 0.523. The first-order chi connectivity index (χ1) is 16.3. The predicted molar refractivity (Wildman–Crippen MR) is 132 cm³/mol. The molecule has 1 aromatic carbocycles. The number of H-pyrrole nitrogens is 1. The van der Waals surface area contributed by atoms with Gasteiger partial charge in [-0.15, -0.1) is 11.8 Å². The topological polar surface area (TPSA) is 109 Å². The Morgan fingerprint density at radius 1 is 1.15 bits per heavy atom. The number of imidazole rings is 1. The van der Waals surface area contributed by atoms with E-state index in [2.05, 4.69) is 64.5 Å². The Morgan fingerprint density at radius 3 is 2.76 bits per heavy atom. The summed E-state index contributed by atoms with van der Waals surface area (Å²) in [4.78, 5) is 15.8. The van der Waals surface area contributed by atoms with Gasteiger partial charge in [0.1, 0.15) is 10.8 Å². The van der Waals surface area contributed by atoms with Crippen LogP contribution < -0.4 is 15.5 Å². The molecule has 10 nitrogen and oxygen atoms in total. The first-order valence-corrected chi connectivity index (χ1v) is 12.2. The van der Waals surface area contributed by atoms with Crippen LogP contribution in [0.1, 0.15) is 6.42 Å². The number of fused-ring (bicyclic) bond motifs is 1. The Balaban J connectivity index is 1.31. The molecule has 1 fully saturated rings. The Kier molecular flexibility index (Phi) is 6.58. The smallest absolute Gasteiger partial charge is 0.231 e. The number of aromatic nitrogens is 6. The highest BCUT2D eigenvalue weighted by Gasteiger charge is 2.15. The monoisotopic (exact) mass is 465 g/mol. The summed E-state index contributed by atoms with van der Waals surface area (Å²) < 4.78 is 7.51. The molecule has 0 aliphatic carbocycles. The zero-order valence-electron chi connectivity index (χ0n) is 18.5. The highest BCUT2D eigenvalue weighted by atomic mass is 32.2. The van der Waals surface area contributed by atoms with Crippen molar-refractivity contribution < 1.29 is 4.74 Å². The van der Waals surface area contributed by atoms with E-state index in [4.69, 9.17) is 9.72 Å². The van der Waals surface area contributed by atoms with E-state index in [1.54, 1.807) is 18.0 Å². The first-order valence-electron chi connectivity index (χ1n) is 11.0. The zero-order chi connectivity index (χ0) is 22.5. The van der Waals surface area contributed by atoms with Crippen LogP contribution >= 0.6 is 11.8 Å². The molecule has 0 bridgehead atoms. The summed E-state index contributed by atoms with van der Waals surface area (Å²) in [6.45, 7) is 5.04. The average molecular weight is 466 g/mol. The fraction of sp³-hybridized carbons (Fsp3) is 0.364. The largest absolute Gasteiger partial charge is 0.378 e. The van der Waals surface area contributed by atoms with E-state index in [0.29, 0.717) is 11.6 Å². The summed E-state index contributed by atoms with van der Waals surface area (Å²) in [5, 5.41) is 16.0. The number of thioether (sulfide) groups is 1. The number of aromatic amines is 1. The standard InChI is InChI=1S/C22H27N9OS/c1-33-21-18-19(24-7-2-9-30-10-8-23-15-30)26-22(27-20(18)28-29-21)25-16-3-5-17(6-4-16)31-11-13-32-14-12-31/h3-6,8,10,15H,2,7,9,11-14H2,1H3,(H3,24,25,26,27,28,29). The second-order valence-corrected chi connectivity index (χ2v) is 8.50. The highest BCUT2D eigenvalue weighted by Crippen LogP contribution is 2.30. The van der Waals surface area contributed by atoms with Crippen molar-refractivity contribution in [1.29, 1.82) is 0 Å². The van der Waals surface area contributed by atoms with E-state index in [1.165, 1.54) is 5.69 Å². The molecule has 3 N–H and O–H groups in total. The van der Waals surface area contributed by atoms with E-state index in [0.717, 1.165) is 67.7 Å². The molecule has 3 aromatic heterocycles. The number of hydrogen-bond acceptors (Lipinski definition) is 9. The number of benzene rings is 1. The summed E-state index contributed by atoms with van der Waals surface area (Å²) in [7, 11) is 0. The maximum atomic E-state index is 5.44. The van der Waals surface area contributed by atoms with Crippen LogP contribution in [0.3, 0.4) is 0 Å². The molecule has 33 heavy (non-hydrogen) atoms. The number of morpholine rings is 1. The van der Waals surface area contributed by atoms with Crippen LogP contribution in [0.2, 0.25) is 0 Å². The summed E-state index contributed by atoms with van der Waals surface area (Å²) in [5.74, 6) is 1.30. The quantitative estimate of drug-likeness (QED) is 0.253. The van der Waals surface area contributed by atoms with Crippen molar-refractivity contribution in [2.45, 2.75) is 18.0 Å². The van der Waals surface area contributed by atoms with Gasteiger partial charge in [0.05, 0.1) is 24.9 Å². The van der Waals surface area contributed by atoms with Crippen LogP contribution in [-0.4, -0.2) is 68.8 Å². The molecule has 172 valence electrons. The maximum Gasteiger partial charge on any atom is 0.231 e. The van der Waals surface area contributed by atoms with Crippen molar-refractivity contribution in [3.8, 4) is 0 Å². The fourth-order valence-electron chi connectivity index (χ4n) is 3.83. The van der Waals surface area contributed by atoms with Crippen LogP contribution in [0.15, 0.2) is 48.0 Å². The van der Waals surface area contributed by atoms with Gasteiger partial charge in [0.15, 0.2) is 5.65 Å². The van der Waals surface area contributed by atoms with Gasteiger partial charge in [-0.3, -0.25) is 5.10 Å². The maximum absolute atomic E-state index is 5.44. The number of hydrogen-bond donors (Lipinski definition) is 3. The van der Waals surface area contributed by atoms with E-state index >= 15 is 0 Å². The molecule has 5 rings (SSSR count). The molecule has 4 heterocycles. The second-order valence-electron chi connectivity index (χ2n) is 7.70. The van der Waals surface area contributed by atoms with Gasteiger partial charge in [0.25, 0.3) is 0 Å². The molecule has 0 unspecified atom stereocenters. The lowest BCUT2D eigenvalue weighted by molar-refractivity contribution is 0.122. The zero-order valence-corrected chi connectivity index (χ0v) is 19.3. The fourth-order valence-corrected chi connectivity index (χ4v) is 4.36. The third-order valence-electron chi connectivity index (χ3n) is 5.52. The van der Waals surface area contributed by atoms with Gasteiger partial charge in [-0.25, -0.2) is 4.98 Å². The van der Waals surface area contributed by atoms with Crippen molar-refractivity contribution in [2.24, 2.45) is 0 Å². The number of ether oxygens (including phenoxy) is 1. The number of rotatable bonds is 9. The predicted octanol–water partition coefficient (Wildman–Crippen LogP) is 3.35. The van der Waals surface area contributed by atoms with Gasteiger partial charge in [-0.05, 0) is 36.9 Å². The Morgan fingerprint density at radius 2 is 2.00 bits per heavy atom. The Bertz CT molecular complexity index is 1170. The summed E-state index contributed by atoms with van der Waals surface area (Å²) in [6.07, 6.45) is 8.54. The molecule has 11 heteroatoms.